The third-order valence-electron chi connectivity index (χ3n) is 5.33. The number of benzene rings is 1. The van der Waals surface area contributed by atoms with Gasteiger partial charge in [0.05, 0.1) is 11.9 Å². The van der Waals surface area contributed by atoms with E-state index in [1.54, 1.807) is 4.68 Å². The van der Waals surface area contributed by atoms with Crippen LogP contribution in [0.3, 0.4) is 0 Å². The molecule has 0 spiro atoms. The van der Waals surface area contributed by atoms with E-state index in [-0.39, 0.29) is 24.1 Å². The molecule has 1 aromatic carbocycles. The smallest absolute Gasteiger partial charge is 0.264 e. The lowest BCUT2D eigenvalue weighted by molar-refractivity contribution is -0.123. The number of carbonyl (C=O) groups excluding carboxylic acids is 1. The van der Waals surface area contributed by atoms with Gasteiger partial charge in [-0.25, -0.2) is 9.67 Å². The van der Waals surface area contributed by atoms with E-state index in [4.69, 9.17) is 0 Å². The average molecular weight is 365 g/mol. The van der Waals surface area contributed by atoms with E-state index in [2.05, 4.69) is 22.3 Å². The first kappa shape index (κ1) is 17.5. The highest BCUT2D eigenvalue weighted by atomic mass is 16.2. The standard InChI is InChI=1S/C20H23N5O2/c1-14-7-5-6-10-17(14)23-18(26)12-24-13-21-19-16(20(24)27)11-22-25(19)15-8-3-2-4-9-15/h2-4,8-9,11,13-14,17H,5-7,10,12H2,1H3,(H,23,26)/t14-,17+/m0/s1. The number of rotatable bonds is 4. The molecular weight excluding hydrogens is 342 g/mol. The Labute approximate surface area is 157 Å². The molecule has 2 aromatic heterocycles. The summed E-state index contributed by atoms with van der Waals surface area (Å²) in [5, 5.41) is 7.77. The van der Waals surface area contributed by atoms with Gasteiger partial charge in [-0.15, -0.1) is 0 Å². The molecule has 0 aliphatic heterocycles. The highest BCUT2D eigenvalue weighted by Crippen LogP contribution is 2.23. The van der Waals surface area contributed by atoms with Crippen LogP contribution < -0.4 is 10.9 Å². The summed E-state index contributed by atoms with van der Waals surface area (Å²) in [6.45, 7) is 2.14. The first-order valence-corrected chi connectivity index (χ1v) is 9.41. The summed E-state index contributed by atoms with van der Waals surface area (Å²) in [5.41, 5.74) is 1.07. The van der Waals surface area contributed by atoms with Crippen molar-refractivity contribution in [2.45, 2.75) is 45.2 Å². The lowest BCUT2D eigenvalue weighted by atomic mass is 9.86. The first-order chi connectivity index (χ1) is 13.1. The molecular formula is C20H23N5O2. The van der Waals surface area contributed by atoms with E-state index >= 15 is 0 Å². The summed E-state index contributed by atoms with van der Waals surface area (Å²) in [7, 11) is 0. The van der Waals surface area contributed by atoms with Crippen molar-refractivity contribution >= 4 is 16.9 Å². The Balaban J connectivity index is 1.56. The number of fused-ring (bicyclic) bond motifs is 1. The molecule has 0 bridgehead atoms. The molecule has 2 atom stereocenters. The van der Waals surface area contributed by atoms with Gasteiger partial charge in [0, 0.05) is 6.04 Å². The quantitative estimate of drug-likeness (QED) is 0.769. The third-order valence-corrected chi connectivity index (χ3v) is 5.33. The molecule has 7 heteroatoms. The molecule has 27 heavy (non-hydrogen) atoms. The van der Waals surface area contributed by atoms with Crippen LogP contribution in [0.15, 0.2) is 47.7 Å². The number of nitrogens with zero attached hydrogens (tertiary/aromatic N) is 4. The zero-order chi connectivity index (χ0) is 18.8. The Morgan fingerprint density at radius 2 is 2.00 bits per heavy atom. The fourth-order valence-corrected chi connectivity index (χ4v) is 3.76. The van der Waals surface area contributed by atoms with Crippen LogP contribution in [0.1, 0.15) is 32.6 Å². The molecule has 1 fully saturated rings. The van der Waals surface area contributed by atoms with Gasteiger partial charge in [-0.05, 0) is 30.9 Å². The second kappa shape index (κ2) is 7.34. The summed E-state index contributed by atoms with van der Waals surface area (Å²) in [5.74, 6) is 0.330. The normalized spacial score (nSPS) is 19.9. The maximum Gasteiger partial charge on any atom is 0.264 e. The van der Waals surface area contributed by atoms with Crippen molar-refractivity contribution in [1.29, 1.82) is 0 Å². The van der Waals surface area contributed by atoms with Gasteiger partial charge in [0.1, 0.15) is 18.3 Å². The maximum atomic E-state index is 12.8. The third kappa shape index (κ3) is 3.49. The van der Waals surface area contributed by atoms with Crippen LogP contribution in [0.5, 0.6) is 0 Å². The molecule has 1 amide bonds. The fourth-order valence-electron chi connectivity index (χ4n) is 3.76. The lowest BCUT2D eigenvalue weighted by Gasteiger charge is -2.29. The summed E-state index contributed by atoms with van der Waals surface area (Å²) >= 11 is 0. The topological polar surface area (TPSA) is 81.8 Å². The van der Waals surface area contributed by atoms with Crippen molar-refractivity contribution in [2.75, 3.05) is 0 Å². The fraction of sp³-hybridized carbons (Fsp3) is 0.400. The maximum absolute atomic E-state index is 12.8. The SMILES string of the molecule is C[C@H]1CCCC[C@H]1NC(=O)Cn1cnc2c(cnn2-c2ccccc2)c1=O. The van der Waals surface area contributed by atoms with Gasteiger partial charge in [-0.2, -0.15) is 5.10 Å². The van der Waals surface area contributed by atoms with E-state index in [0.29, 0.717) is 17.0 Å². The Morgan fingerprint density at radius 3 is 2.78 bits per heavy atom. The molecule has 0 unspecified atom stereocenters. The van der Waals surface area contributed by atoms with Crippen molar-refractivity contribution in [2.24, 2.45) is 5.92 Å². The highest BCUT2D eigenvalue weighted by molar-refractivity contribution is 5.78. The van der Waals surface area contributed by atoms with E-state index in [9.17, 15) is 9.59 Å². The molecule has 2 heterocycles. The number of amides is 1. The Kier molecular flexibility index (Phi) is 4.75. The van der Waals surface area contributed by atoms with Crippen molar-refractivity contribution in [3.63, 3.8) is 0 Å². The van der Waals surface area contributed by atoms with Crippen LogP contribution >= 0.6 is 0 Å². The molecule has 4 rings (SSSR count). The summed E-state index contributed by atoms with van der Waals surface area (Å²) in [4.78, 5) is 29.6. The van der Waals surface area contributed by atoms with Gasteiger partial charge >= 0.3 is 0 Å². The molecule has 1 saturated carbocycles. The Morgan fingerprint density at radius 1 is 1.22 bits per heavy atom. The average Bonchev–Trinajstić information content (AvgIpc) is 3.11. The lowest BCUT2D eigenvalue weighted by Crippen LogP contribution is -2.43. The van der Waals surface area contributed by atoms with Gasteiger partial charge in [-0.1, -0.05) is 38.0 Å². The van der Waals surface area contributed by atoms with E-state index < -0.39 is 0 Å². The molecule has 1 aliphatic carbocycles. The summed E-state index contributed by atoms with van der Waals surface area (Å²) < 4.78 is 2.98. The monoisotopic (exact) mass is 365 g/mol. The Bertz CT molecular complexity index is 1010. The van der Waals surface area contributed by atoms with E-state index in [0.717, 1.165) is 24.9 Å². The van der Waals surface area contributed by atoms with Gasteiger partial charge in [0.2, 0.25) is 5.91 Å². The first-order valence-electron chi connectivity index (χ1n) is 9.41. The van der Waals surface area contributed by atoms with E-state index in [1.165, 1.54) is 23.5 Å². The number of aromatic nitrogens is 4. The largest absolute Gasteiger partial charge is 0.352 e. The van der Waals surface area contributed by atoms with Crippen molar-refractivity contribution < 1.29 is 4.79 Å². The zero-order valence-electron chi connectivity index (χ0n) is 15.3. The number of para-hydroxylation sites is 1. The number of hydrogen-bond acceptors (Lipinski definition) is 4. The summed E-state index contributed by atoms with van der Waals surface area (Å²) in [6.07, 6.45) is 7.44. The molecule has 1 aliphatic rings. The minimum absolute atomic E-state index is 0.0263. The second-order valence-corrected chi connectivity index (χ2v) is 7.24. The zero-order valence-corrected chi connectivity index (χ0v) is 15.3. The summed E-state index contributed by atoms with van der Waals surface area (Å²) in [6, 6.07) is 9.72. The molecule has 0 radical (unpaired) electrons. The predicted molar refractivity (Wildman–Crippen MR) is 103 cm³/mol. The Hall–Kier alpha value is -2.96. The molecule has 140 valence electrons. The minimum Gasteiger partial charge on any atom is -0.352 e. The van der Waals surface area contributed by atoms with Gasteiger partial charge in [0.15, 0.2) is 5.65 Å². The number of carbonyl (C=O) groups is 1. The van der Waals surface area contributed by atoms with Crippen molar-refractivity contribution in [3.8, 4) is 5.69 Å². The minimum atomic E-state index is -0.256. The van der Waals surface area contributed by atoms with Crippen LogP contribution in [0.2, 0.25) is 0 Å². The van der Waals surface area contributed by atoms with Crippen LogP contribution in [0.25, 0.3) is 16.7 Å². The predicted octanol–water partition coefficient (Wildman–Crippen LogP) is 2.28. The van der Waals surface area contributed by atoms with Crippen LogP contribution in [-0.2, 0) is 11.3 Å². The van der Waals surface area contributed by atoms with Crippen LogP contribution in [0.4, 0.5) is 0 Å². The van der Waals surface area contributed by atoms with Crippen LogP contribution in [0, 0.1) is 5.92 Å². The number of hydrogen-bond donors (Lipinski definition) is 1. The highest BCUT2D eigenvalue weighted by Gasteiger charge is 2.23. The van der Waals surface area contributed by atoms with Crippen molar-refractivity contribution in [3.05, 3.63) is 53.2 Å². The second-order valence-electron chi connectivity index (χ2n) is 7.24. The molecule has 3 aromatic rings. The molecule has 7 nitrogen and oxygen atoms in total. The van der Waals surface area contributed by atoms with E-state index in [1.807, 2.05) is 30.3 Å². The van der Waals surface area contributed by atoms with Crippen molar-refractivity contribution in [1.82, 2.24) is 24.6 Å². The molecule has 1 N–H and O–H groups in total. The number of nitrogens with one attached hydrogen (secondary N) is 1. The molecule has 0 saturated heterocycles. The van der Waals surface area contributed by atoms with Gasteiger partial charge in [-0.3, -0.25) is 14.2 Å². The van der Waals surface area contributed by atoms with Crippen LogP contribution in [-0.4, -0.2) is 31.3 Å². The van der Waals surface area contributed by atoms with Gasteiger partial charge in [0.25, 0.3) is 5.56 Å². The van der Waals surface area contributed by atoms with Gasteiger partial charge < -0.3 is 5.32 Å².